The molecule has 0 aliphatic heterocycles. The quantitative estimate of drug-likeness (QED) is 0.822. The topological polar surface area (TPSA) is 46.2 Å². The summed E-state index contributed by atoms with van der Waals surface area (Å²) in [6, 6.07) is 0. The van der Waals surface area contributed by atoms with E-state index in [1.807, 2.05) is 0 Å². The molecule has 2 nitrogen and oxygen atoms in total. The van der Waals surface area contributed by atoms with Gasteiger partial charge in [0, 0.05) is 12.0 Å². The van der Waals surface area contributed by atoms with Crippen molar-refractivity contribution in [2.24, 2.45) is 34.8 Å². The fourth-order valence-electron chi connectivity index (χ4n) is 6.86. The maximum Gasteiger partial charge on any atom is 0.0853 e. The molecule has 5 rings (SSSR count). The summed E-state index contributed by atoms with van der Waals surface area (Å²) < 4.78 is 0. The number of hydrogen-bond acceptors (Lipinski definition) is 2. The summed E-state index contributed by atoms with van der Waals surface area (Å²) in [6.45, 7) is 0.504. The first-order valence-electron chi connectivity index (χ1n) is 8.58. The van der Waals surface area contributed by atoms with Crippen molar-refractivity contribution in [3.8, 4) is 0 Å². The molecule has 0 spiro atoms. The minimum absolute atomic E-state index is 0.200. The molecular formula is C17H29NO. The number of aliphatic hydroxyl groups is 1. The van der Waals surface area contributed by atoms with Gasteiger partial charge >= 0.3 is 0 Å². The molecule has 0 amide bonds. The van der Waals surface area contributed by atoms with Gasteiger partial charge in [-0.1, -0.05) is 12.8 Å². The maximum atomic E-state index is 11.6. The van der Waals surface area contributed by atoms with Gasteiger partial charge < -0.3 is 10.8 Å². The summed E-state index contributed by atoms with van der Waals surface area (Å²) in [5.41, 5.74) is 5.82. The Morgan fingerprint density at radius 2 is 1.42 bits per heavy atom. The molecule has 1 unspecified atom stereocenters. The molecule has 19 heavy (non-hydrogen) atoms. The summed E-state index contributed by atoms with van der Waals surface area (Å²) >= 11 is 0. The molecular weight excluding hydrogens is 234 g/mol. The third-order valence-electron chi connectivity index (χ3n) is 7.30. The largest absolute Gasteiger partial charge is 0.388 e. The smallest absolute Gasteiger partial charge is 0.0853 e. The number of nitrogens with two attached hydrogens (primary N) is 1. The van der Waals surface area contributed by atoms with Gasteiger partial charge in [-0.25, -0.2) is 0 Å². The average Bonchev–Trinajstić information content (AvgIpc) is 2.90. The second kappa shape index (κ2) is 4.21. The van der Waals surface area contributed by atoms with Gasteiger partial charge in [0.15, 0.2) is 0 Å². The van der Waals surface area contributed by atoms with Gasteiger partial charge in [0.05, 0.1) is 5.60 Å². The molecule has 0 aromatic heterocycles. The molecule has 1 atom stereocenters. The van der Waals surface area contributed by atoms with Crippen molar-refractivity contribution in [1.29, 1.82) is 0 Å². The molecule has 0 saturated heterocycles. The Labute approximate surface area is 117 Å². The van der Waals surface area contributed by atoms with Gasteiger partial charge in [0.25, 0.3) is 0 Å². The second-order valence-electron chi connectivity index (χ2n) is 8.31. The number of rotatable bonds is 3. The first-order valence-corrected chi connectivity index (χ1v) is 8.58. The number of hydrogen-bond donors (Lipinski definition) is 2. The van der Waals surface area contributed by atoms with Crippen LogP contribution < -0.4 is 5.73 Å². The minimum atomic E-state index is -0.542. The van der Waals surface area contributed by atoms with E-state index in [1.54, 1.807) is 0 Å². The Hall–Kier alpha value is -0.0800. The SMILES string of the molecule is NCC(O)(C1CCCC1)C12CC3CC(CC(C3)C1)C2. The molecule has 2 heteroatoms. The van der Waals surface area contributed by atoms with E-state index >= 15 is 0 Å². The predicted octanol–water partition coefficient (Wildman–Crippen LogP) is 3.08. The van der Waals surface area contributed by atoms with Gasteiger partial charge in [-0.3, -0.25) is 0 Å². The monoisotopic (exact) mass is 263 g/mol. The maximum absolute atomic E-state index is 11.6. The molecule has 0 heterocycles. The summed E-state index contributed by atoms with van der Waals surface area (Å²) in [6.07, 6.45) is 13.2. The zero-order valence-electron chi connectivity index (χ0n) is 12.1. The summed E-state index contributed by atoms with van der Waals surface area (Å²) in [5.74, 6) is 3.22. The first-order chi connectivity index (χ1) is 9.15. The van der Waals surface area contributed by atoms with Crippen molar-refractivity contribution in [3.63, 3.8) is 0 Å². The highest BCUT2D eigenvalue weighted by molar-refractivity contribution is 5.12. The molecule has 5 saturated carbocycles. The van der Waals surface area contributed by atoms with Crippen molar-refractivity contribution < 1.29 is 5.11 Å². The van der Waals surface area contributed by atoms with Crippen molar-refractivity contribution in [2.75, 3.05) is 6.54 Å². The molecule has 5 fully saturated rings. The van der Waals surface area contributed by atoms with E-state index in [-0.39, 0.29) is 5.41 Å². The fraction of sp³-hybridized carbons (Fsp3) is 1.00. The van der Waals surface area contributed by atoms with Crippen molar-refractivity contribution >= 4 is 0 Å². The van der Waals surface area contributed by atoms with Crippen LogP contribution in [0.15, 0.2) is 0 Å². The van der Waals surface area contributed by atoms with Crippen molar-refractivity contribution in [3.05, 3.63) is 0 Å². The van der Waals surface area contributed by atoms with E-state index in [0.29, 0.717) is 12.5 Å². The molecule has 5 aliphatic carbocycles. The zero-order chi connectivity index (χ0) is 13.1. The van der Waals surface area contributed by atoms with Crippen LogP contribution in [0.1, 0.15) is 64.2 Å². The minimum Gasteiger partial charge on any atom is -0.388 e. The zero-order valence-corrected chi connectivity index (χ0v) is 12.1. The fourth-order valence-corrected chi connectivity index (χ4v) is 6.86. The van der Waals surface area contributed by atoms with E-state index in [4.69, 9.17) is 5.73 Å². The highest BCUT2D eigenvalue weighted by Gasteiger charge is 2.61. The lowest BCUT2D eigenvalue weighted by Crippen LogP contribution is -2.64. The van der Waals surface area contributed by atoms with Crippen LogP contribution >= 0.6 is 0 Å². The van der Waals surface area contributed by atoms with Gasteiger partial charge in [0.2, 0.25) is 0 Å². The van der Waals surface area contributed by atoms with Gasteiger partial charge in [-0.2, -0.15) is 0 Å². The molecule has 5 aliphatic rings. The van der Waals surface area contributed by atoms with Crippen molar-refractivity contribution in [2.45, 2.75) is 69.8 Å². The molecule has 0 aromatic carbocycles. The summed E-state index contributed by atoms with van der Waals surface area (Å²) in [7, 11) is 0. The van der Waals surface area contributed by atoms with Crippen LogP contribution in [0.25, 0.3) is 0 Å². The Bertz CT molecular complexity index is 325. The molecule has 0 radical (unpaired) electrons. The van der Waals surface area contributed by atoms with E-state index < -0.39 is 5.60 Å². The normalized spacial score (nSPS) is 48.6. The highest BCUT2D eigenvalue weighted by Crippen LogP contribution is 2.65. The van der Waals surface area contributed by atoms with E-state index in [9.17, 15) is 5.11 Å². The molecule has 4 bridgehead atoms. The second-order valence-corrected chi connectivity index (χ2v) is 8.31. The molecule has 3 N–H and O–H groups in total. The Kier molecular flexibility index (Phi) is 2.80. The van der Waals surface area contributed by atoms with Gasteiger partial charge in [0.1, 0.15) is 0 Å². The predicted molar refractivity (Wildman–Crippen MR) is 76.6 cm³/mol. The first kappa shape index (κ1) is 12.6. The van der Waals surface area contributed by atoms with Crippen LogP contribution in [-0.4, -0.2) is 17.3 Å². The Morgan fingerprint density at radius 3 is 1.84 bits per heavy atom. The lowest BCUT2D eigenvalue weighted by atomic mass is 9.43. The van der Waals surface area contributed by atoms with Crippen LogP contribution in [-0.2, 0) is 0 Å². The van der Waals surface area contributed by atoms with Crippen LogP contribution in [0.3, 0.4) is 0 Å². The van der Waals surface area contributed by atoms with Gasteiger partial charge in [-0.15, -0.1) is 0 Å². The Morgan fingerprint density at radius 1 is 0.947 bits per heavy atom. The van der Waals surface area contributed by atoms with Crippen LogP contribution in [0.4, 0.5) is 0 Å². The summed E-state index contributed by atoms with van der Waals surface area (Å²) in [5, 5.41) is 11.6. The van der Waals surface area contributed by atoms with E-state index in [0.717, 1.165) is 17.8 Å². The third-order valence-corrected chi connectivity index (χ3v) is 7.30. The van der Waals surface area contributed by atoms with Crippen LogP contribution in [0.5, 0.6) is 0 Å². The van der Waals surface area contributed by atoms with Crippen molar-refractivity contribution in [1.82, 2.24) is 0 Å². The van der Waals surface area contributed by atoms with E-state index in [1.165, 1.54) is 64.2 Å². The highest BCUT2D eigenvalue weighted by atomic mass is 16.3. The van der Waals surface area contributed by atoms with Crippen LogP contribution in [0.2, 0.25) is 0 Å². The lowest BCUT2D eigenvalue weighted by molar-refractivity contribution is -0.197. The lowest BCUT2D eigenvalue weighted by Gasteiger charge is -2.63. The standard InChI is InChI=1S/C17H29NO/c18-11-17(19,15-3-1-2-4-15)16-8-12-5-13(9-16)7-14(6-12)10-16/h12-15,19H,1-11,18H2. The van der Waals surface area contributed by atoms with E-state index in [2.05, 4.69) is 0 Å². The summed E-state index contributed by atoms with van der Waals surface area (Å²) in [4.78, 5) is 0. The molecule has 0 aromatic rings. The van der Waals surface area contributed by atoms with Gasteiger partial charge in [-0.05, 0) is 75.0 Å². The average molecular weight is 263 g/mol. The van der Waals surface area contributed by atoms with Crippen LogP contribution in [0, 0.1) is 29.1 Å². The molecule has 108 valence electrons. The Balaban J connectivity index is 1.68. The third kappa shape index (κ3) is 1.68.